The van der Waals surface area contributed by atoms with Gasteiger partial charge < -0.3 is 10.1 Å². The first-order chi connectivity index (χ1) is 13.5. The first-order valence-electron chi connectivity index (χ1n) is 9.78. The van der Waals surface area contributed by atoms with Gasteiger partial charge >= 0.3 is 0 Å². The van der Waals surface area contributed by atoms with E-state index in [-0.39, 0.29) is 11.9 Å². The topological polar surface area (TPSA) is 51.2 Å². The number of carbonyl (C=O) groups excluding carboxylic acids is 1. The summed E-state index contributed by atoms with van der Waals surface area (Å²) in [5.74, 6) is 0.623. The average molecular weight is 421 g/mol. The fourth-order valence-corrected chi connectivity index (χ4v) is 4.92. The molecule has 0 radical (unpaired) electrons. The van der Waals surface area contributed by atoms with Gasteiger partial charge in [0.15, 0.2) is 0 Å². The van der Waals surface area contributed by atoms with Crippen molar-refractivity contribution in [2.24, 2.45) is 0 Å². The summed E-state index contributed by atoms with van der Waals surface area (Å²) in [7, 11) is 1.62. The molecule has 0 spiro atoms. The van der Waals surface area contributed by atoms with Crippen molar-refractivity contribution in [2.45, 2.75) is 56.9 Å². The number of ether oxygens (including phenoxy) is 1. The number of methoxy groups -OCH3 is 1. The van der Waals surface area contributed by atoms with Crippen LogP contribution in [0.15, 0.2) is 36.7 Å². The van der Waals surface area contributed by atoms with E-state index in [9.17, 15) is 4.79 Å². The number of pyridine rings is 1. The van der Waals surface area contributed by atoms with Gasteiger partial charge in [-0.1, -0.05) is 61.5 Å². The molecule has 1 unspecified atom stereocenters. The van der Waals surface area contributed by atoms with Crippen LogP contribution in [-0.2, 0) is 10.2 Å². The third-order valence-corrected chi connectivity index (χ3v) is 6.12. The van der Waals surface area contributed by atoms with E-state index in [0.717, 1.165) is 37.7 Å². The van der Waals surface area contributed by atoms with Gasteiger partial charge in [0, 0.05) is 24.0 Å². The van der Waals surface area contributed by atoms with E-state index in [1.165, 1.54) is 0 Å². The van der Waals surface area contributed by atoms with Gasteiger partial charge in [0.2, 0.25) is 5.91 Å². The maximum Gasteiger partial charge on any atom is 0.235 e. The van der Waals surface area contributed by atoms with Crippen LogP contribution in [-0.4, -0.2) is 24.0 Å². The summed E-state index contributed by atoms with van der Waals surface area (Å²) in [5.41, 5.74) is 0.416. The van der Waals surface area contributed by atoms with Crippen LogP contribution in [0.4, 0.5) is 0 Å². The second kappa shape index (κ2) is 9.15. The summed E-state index contributed by atoms with van der Waals surface area (Å²) < 4.78 is 5.43. The lowest BCUT2D eigenvalue weighted by molar-refractivity contribution is -0.126. The Hall–Kier alpha value is -1.78. The number of carbonyl (C=O) groups is 1. The summed E-state index contributed by atoms with van der Waals surface area (Å²) >= 11 is 13.2. The molecule has 1 heterocycles. The minimum atomic E-state index is -1.01. The van der Waals surface area contributed by atoms with Gasteiger partial charge in [0.05, 0.1) is 17.2 Å². The Morgan fingerprint density at radius 2 is 1.93 bits per heavy atom. The number of nitrogens with zero attached hydrogens (tertiary/aromatic N) is 1. The number of benzene rings is 1. The molecule has 0 aliphatic heterocycles. The largest absolute Gasteiger partial charge is 0.497 e. The zero-order chi connectivity index (χ0) is 20.1. The van der Waals surface area contributed by atoms with E-state index in [0.29, 0.717) is 27.8 Å². The van der Waals surface area contributed by atoms with E-state index < -0.39 is 5.41 Å². The Kier molecular flexibility index (Phi) is 6.84. The van der Waals surface area contributed by atoms with Crippen LogP contribution in [0.5, 0.6) is 5.75 Å². The van der Waals surface area contributed by atoms with Crippen molar-refractivity contribution in [3.8, 4) is 5.75 Å². The summed E-state index contributed by atoms with van der Waals surface area (Å²) in [6, 6.07) is 7.79. The van der Waals surface area contributed by atoms with Crippen LogP contribution in [0, 0.1) is 0 Å². The highest BCUT2D eigenvalue weighted by atomic mass is 35.5. The molecule has 0 saturated heterocycles. The lowest BCUT2D eigenvalue weighted by atomic mass is 9.70. The van der Waals surface area contributed by atoms with Gasteiger partial charge in [0.25, 0.3) is 0 Å². The minimum absolute atomic E-state index is 0.0653. The molecule has 1 atom stereocenters. The number of hydrogen-bond acceptors (Lipinski definition) is 3. The number of halogens is 2. The van der Waals surface area contributed by atoms with E-state index in [4.69, 9.17) is 27.9 Å². The number of rotatable bonds is 7. The van der Waals surface area contributed by atoms with Crippen molar-refractivity contribution >= 4 is 29.1 Å². The Balaban J connectivity index is 2.21. The zero-order valence-corrected chi connectivity index (χ0v) is 17.8. The molecule has 1 aliphatic carbocycles. The van der Waals surface area contributed by atoms with Crippen LogP contribution in [0.25, 0.3) is 0 Å². The molecular formula is C22H26Cl2N2O2. The highest BCUT2D eigenvalue weighted by Gasteiger charge is 2.45. The van der Waals surface area contributed by atoms with E-state index in [1.54, 1.807) is 19.5 Å². The molecule has 1 amide bonds. The molecule has 150 valence electrons. The summed E-state index contributed by atoms with van der Waals surface area (Å²) in [6.07, 6.45) is 8.75. The Labute approximate surface area is 176 Å². The lowest BCUT2D eigenvalue weighted by Crippen LogP contribution is -2.48. The normalized spacial score (nSPS) is 16.6. The summed E-state index contributed by atoms with van der Waals surface area (Å²) in [6.45, 7) is 2.06. The lowest BCUT2D eigenvalue weighted by Gasteiger charge is -2.36. The first kappa shape index (κ1) is 20.9. The second-order valence-corrected chi connectivity index (χ2v) is 8.13. The van der Waals surface area contributed by atoms with Crippen molar-refractivity contribution < 1.29 is 9.53 Å². The molecule has 3 rings (SSSR count). The van der Waals surface area contributed by atoms with Crippen molar-refractivity contribution in [3.05, 3.63) is 57.8 Å². The van der Waals surface area contributed by atoms with Gasteiger partial charge in [-0.05, 0) is 37.0 Å². The fourth-order valence-electron chi connectivity index (χ4n) is 4.23. The highest BCUT2D eigenvalue weighted by Crippen LogP contribution is 2.45. The first-order valence-corrected chi connectivity index (χ1v) is 10.5. The molecule has 0 bridgehead atoms. The van der Waals surface area contributed by atoms with Gasteiger partial charge in [0.1, 0.15) is 11.2 Å². The highest BCUT2D eigenvalue weighted by molar-refractivity contribution is 6.36. The average Bonchev–Trinajstić information content (AvgIpc) is 3.20. The molecule has 6 heteroatoms. The van der Waals surface area contributed by atoms with Crippen LogP contribution in [0.3, 0.4) is 0 Å². The van der Waals surface area contributed by atoms with Gasteiger partial charge in [-0.15, -0.1) is 0 Å². The van der Waals surface area contributed by atoms with E-state index >= 15 is 0 Å². The molecule has 4 nitrogen and oxygen atoms in total. The fraction of sp³-hybridized carbons (Fsp3) is 0.455. The third-order valence-electron chi connectivity index (χ3n) is 5.55. The number of amides is 1. The number of aromatic nitrogens is 1. The van der Waals surface area contributed by atoms with Crippen LogP contribution in [0.1, 0.15) is 56.6 Å². The van der Waals surface area contributed by atoms with Crippen LogP contribution < -0.4 is 10.1 Å². The molecule has 1 N–H and O–H groups in total. The molecule has 28 heavy (non-hydrogen) atoms. The van der Waals surface area contributed by atoms with Gasteiger partial charge in [-0.3, -0.25) is 9.78 Å². The molecule has 1 fully saturated rings. The van der Waals surface area contributed by atoms with Gasteiger partial charge in [-0.25, -0.2) is 0 Å². The predicted octanol–water partition coefficient (Wildman–Crippen LogP) is 5.54. The van der Waals surface area contributed by atoms with Crippen molar-refractivity contribution in [3.63, 3.8) is 0 Å². The summed E-state index contributed by atoms with van der Waals surface area (Å²) in [5, 5.41) is 4.06. The smallest absolute Gasteiger partial charge is 0.235 e. The number of nitrogens with one attached hydrogen (secondary N) is 1. The number of hydrogen-bond donors (Lipinski definition) is 1. The zero-order valence-electron chi connectivity index (χ0n) is 16.3. The molecule has 2 aromatic rings. The Bertz CT molecular complexity index is 817. The molecular weight excluding hydrogens is 395 g/mol. The maximum atomic E-state index is 13.8. The van der Waals surface area contributed by atoms with E-state index in [2.05, 4.69) is 17.2 Å². The Morgan fingerprint density at radius 1 is 1.25 bits per heavy atom. The molecule has 1 aliphatic rings. The standard InChI is InChI=1S/C22H26Cl2N2O2/c1-3-11-22(15-7-6-10-17(12-15)28-2,20-18(23)13-25-14-19(20)24)21(27)26-16-8-4-5-9-16/h6-7,10,12-14,16H,3-5,8-9,11H2,1-2H3,(H,26,27). The Morgan fingerprint density at radius 3 is 2.54 bits per heavy atom. The van der Waals surface area contributed by atoms with Gasteiger partial charge in [-0.2, -0.15) is 0 Å². The molecule has 1 saturated carbocycles. The van der Waals surface area contributed by atoms with Crippen molar-refractivity contribution in [1.82, 2.24) is 10.3 Å². The minimum Gasteiger partial charge on any atom is -0.497 e. The van der Waals surface area contributed by atoms with Crippen LogP contribution in [0.2, 0.25) is 10.0 Å². The third kappa shape index (κ3) is 3.99. The SMILES string of the molecule is CCCC(C(=O)NC1CCCC1)(c1cccc(OC)c1)c1c(Cl)cncc1Cl. The van der Waals surface area contributed by atoms with Crippen LogP contribution >= 0.6 is 23.2 Å². The van der Waals surface area contributed by atoms with Crippen molar-refractivity contribution in [2.75, 3.05) is 7.11 Å². The van der Waals surface area contributed by atoms with Crippen molar-refractivity contribution in [1.29, 1.82) is 0 Å². The monoisotopic (exact) mass is 420 g/mol. The van der Waals surface area contributed by atoms with E-state index in [1.807, 2.05) is 24.3 Å². The molecule has 1 aromatic carbocycles. The second-order valence-electron chi connectivity index (χ2n) is 7.32. The summed E-state index contributed by atoms with van der Waals surface area (Å²) in [4.78, 5) is 17.9. The quantitative estimate of drug-likeness (QED) is 0.639. The molecule has 1 aromatic heterocycles. The predicted molar refractivity (Wildman–Crippen MR) is 113 cm³/mol. The maximum absolute atomic E-state index is 13.8.